The van der Waals surface area contributed by atoms with Crippen molar-refractivity contribution in [2.24, 2.45) is 0 Å². The molecule has 1 amide bonds. The molecule has 1 aromatic heterocycles. The molecule has 118 valence electrons. The zero-order valence-electron chi connectivity index (χ0n) is 11.7. The molecule has 1 N–H and O–H groups in total. The molecule has 0 bridgehead atoms. The highest BCUT2D eigenvalue weighted by atomic mass is 35.5. The van der Waals surface area contributed by atoms with Crippen LogP contribution in [-0.2, 0) is 17.4 Å². The Morgan fingerprint density at radius 3 is 2.68 bits per heavy atom. The zero-order valence-corrected chi connectivity index (χ0v) is 13.3. The zero-order chi connectivity index (χ0) is 16.5. The van der Waals surface area contributed by atoms with Gasteiger partial charge in [-0.2, -0.15) is 13.2 Å². The topological polar surface area (TPSA) is 42.0 Å². The van der Waals surface area contributed by atoms with Gasteiger partial charge in [0.15, 0.2) is 5.13 Å². The third-order valence-corrected chi connectivity index (χ3v) is 4.34. The van der Waals surface area contributed by atoms with E-state index >= 15 is 0 Å². The minimum atomic E-state index is -4.41. The molecule has 0 radical (unpaired) electrons. The van der Waals surface area contributed by atoms with Gasteiger partial charge in [-0.3, -0.25) is 4.79 Å². The Kier molecular flexibility index (Phi) is 4.77. The molecule has 0 saturated heterocycles. The van der Waals surface area contributed by atoms with Crippen molar-refractivity contribution in [1.29, 1.82) is 0 Å². The van der Waals surface area contributed by atoms with Gasteiger partial charge in [0.2, 0.25) is 5.91 Å². The number of nitrogens with zero attached hydrogens (tertiary/aromatic N) is 1. The van der Waals surface area contributed by atoms with Crippen LogP contribution in [-0.4, -0.2) is 10.9 Å². The molecule has 1 heterocycles. The number of aryl methyl sites for hydroxylation is 1. The largest absolute Gasteiger partial charge is 0.416 e. The maximum absolute atomic E-state index is 12.8. The molecule has 8 heteroatoms. The number of aromatic nitrogens is 1. The maximum Gasteiger partial charge on any atom is 0.416 e. The Morgan fingerprint density at radius 2 is 2.09 bits per heavy atom. The van der Waals surface area contributed by atoms with Crippen molar-refractivity contribution in [3.05, 3.63) is 44.9 Å². The lowest BCUT2D eigenvalue weighted by Gasteiger charge is -2.10. The van der Waals surface area contributed by atoms with Crippen LogP contribution in [0.15, 0.2) is 18.2 Å². The minimum Gasteiger partial charge on any atom is -0.302 e. The molecule has 2 rings (SSSR count). The number of nitrogens with one attached hydrogen (secondary N) is 1. The third-order valence-electron chi connectivity index (χ3n) is 2.90. The summed E-state index contributed by atoms with van der Waals surface area (Å²) in [6, 6.07) is 3.23. The van der Waals surface area contributed by atoms with E-state index in [4.69, 9.17) is 11.6 Å². The maximum atomic E-state index is 12.8. The van der Waals surface area contributed by atoms with E-state index in [-0.39, 0.29) is 17.4 Å². The summed E-state index contributed by atoms with van der Waals surface area (Å²) in [5, 5.41) is 3.24. The summed E-state index contributed by atoms with van der Waals surface area (Å²) >= 11 is 7.21. The number of hydrogen-bond donors (Lipinski definition) is 1. The second kappa shape index (κ2) is 6.26. The molecule has 0 aliphatic heterocycles. The number of hydrogen-bond acceptors (Lipinski definition) is 3. The van der Waals surface area contributed by atoms with Crippen LogP contribution in [0.3, 0.4) is 0 Å². The fraction of sp³-hybridized carbons (Fsp3) is 0.286. The minimum absolute atomic E-state index is 0.228. The summed E-state index contributed by atoms with van der Waals surface area (Å²) in [5.74, 6) is -0.252. The number of amides is 1. The lowest BCUT2D eigenvalue weighted by Crippen LogP contribution is -2.05. The van der Waals surface area contributed by atoms with E-state index in [1.807, 2.05) is 0 Å². The second-order valence-electron chi connectivity index (χ2n) is 4.69. The quantitative estimate of drug-likeness (QED) is 0.875. The van der Waals surface area contributed by atoms with Gasteiger partial charge in [-0.15, -0.1) is 11.3 Å². The van der Waals surface area contributed by atoms with E-state index in [0.717, 1.165) is 17.0 Å². The first-order chi connectivity index (χ1) is 10.2. The average Bonchev–Trinajstić information content (AvgIpc) is 2.70. The molecule has 0 unspecified atom stereocenters. The van der Waals surface area contributed by atoms with Gasteiger partial charge in [-0.05, 0) is 30.7 Å². The van der Waals surface area contributed by atoms with Crippen molar-refractivity contribution in [1.82, 2.24) is 4.98 Å². The normalized spacial score (nSPS) is 11.5. The Labute approximate surface area is 134 Å². The van der Waals surface area contributed by atoms with Gasteiger partial charge in [0.1, 0.15) is 0 Å². The summed E-state index contributed by atoms with van der Waals surface area (Å²) in [7, 11) is 0. The Bertz CT molecular complexity index is 713. The highest BCUT2D eigenvalue weighted by Crippen LogP contribution is 2.34. The molecule has 0 fully saturated rings. The monoisotopic (exact) mass is 348 g/mol. The number of halogens is 4. The van der Waals surface area contributed by atoms with Gasteiger partial charge >= 0.3 is 6.18 Å². The first-order valence-corrected chi connectivity index (χ1v) is 7.46. The van der Waals surface area contributed by atoms with Gasteiger partial charge in [-0.1, -0.05) is 11.6 Å². The summed E-state index contributed by atoms with van der Waals surface area (Å²) < 4.78 is 38.3. The van der Waals surface area contributed by atoms with Crippen LogP contribution in [0.2, 0.25) is 5.02 Å². The molecule has 0 saturated carbocycles. The molecule has 0 aliphatic carbocycles. The van der Waals surface area contributed by atoms with Crippen LogP contribution < -0.4 is 5.32 Å². The van der Waals surface area contributed by atoms with Crippen LogP contribution in [0, 0.1) is 6.92 Å². The SMILES string of the molecule is CC(=O)Nc1nc(C)c(Cc2cc(C(F)(F)F)ccc2Cl)s1. The molecule has 0 aliphatic rings. The molecule has 1 aromatic carbocycles. The lowest BCUT2D eigenvalue weighted by molar-refractivity contribution is -0.137. The van der Waals surface area contributed by atoms with Crippen molar-refractivity contribution >= 4 is 34.0 Å². The van der Waals surface area contributed by atoms with Crippen molar-refractivity contribution in [3.63, 3.8) is 0 Å². The number of carbonyl (C=O) groups is 1. The van der Waals surface area contributed by atoms with Gasteiger partial charge in [0, 0.05) is 23.2 Å². The van der Waals surface area contributed by atoms with Crippen LogP contribution in [0.1, 0.15) is 28.6 Å². The Hall–Kier alpha value is -1.60. The molecule has 22 heavy (non-hydrogen) atoms. The van der Waals surface area contributed by atoms with Gasteiger partial charge in [0.05, 0.1) is 11.3 Å². The Balaban J connectivity index is 2.31. The average molecular weight is 349 g/mol. The van der Waals surface area contributed by atoms with E-state index in [2.05, 4.69) is 10.3 Å². The van der Waals surface area contributed by atoms with Crippen molar-refractivity contribution in [3.8, 4) is 0 Å². The summed E-state index contributed by atoms with van der Waals surface area (Å²) in [4.78, 5) is 15.9. The molecular formula is C14H12ClF3N2OS. The van der Waals surface area contributed by atoms with Crippen molar-refractivity contribution in [2.75, 3.05) is 5.32 Å². The molecule has 0 atom stereocenters. The summed E-state index contributed by atoms with van der Waals surface area (Å²) in [6.07, 6.45) is -4.19. The van der Waals surface area contributed by atoms with E-state index < -0.39 is 11.7 Å². The van der Waals surface area contributed by atoms with E-state index in [1.165, 1.54) is 24.3 Å². The molecule has 0 spiro atoms. The summed E-state index contributed by atoms with van der Waals surface area (Å²) in [5.41, 5.74) is 0.288. The molecule has 3 nitrogen and oxygen atoms in total. The third kappa shape index (κ3) is 3.98. The fourth-order valence-electron chi connectivity index (χ4n) is 1.86. The van der Waals surface area contributed by atoms with E-state index in [9.17, 15) is 18.0 Å². The highest BCUT2D eigenvalue weighted by Gasteiger charge is 2.31. The smallest absolute Gasteiger partial charge is 0.302 e. The lowest BCUT2D eigenvalue weighted by atomic mass is 10.1. The molecular weight excluding hydrogens is 337 g/mol. The highest BCUT2D eigenvalue weighted by molar-refractivity contribution is 7.15. The number of rotatable bonds is 3. The summed E-state index contributed by atoms with van der Waals surface area (Å²) in [6.45, 7) is 3.10. The first-order valence-electron chi connectivity index (χ1n) is 6.26. The standard InChI is InChI=1S/C14H12ClF3N2OS/c1-7-12(22-13(19-7)20-8(2)21)6-9-5-10(14(16,17)18)3-4-11(9)15/h3-5H,6H2,1-2H3,(H,19,20,21). The number of carbonyl (C=O) groups excluding carboxylic acids is 1. The van der Waals surface area contributed by atoms with Gasteiger partial charge in [0.25, 0.3) is 0 Å². The fourth-order valence-corrected chi connectivity index (χ4v) is 3.07. The predicted molar refractivity (Wildman–Crippen MR) is 80.4 cm³/mol. The van der Waals surface area contributed by atoms with Crippen LogP contribution in [0.25, 0.3) is 0 Å². The van der Waals surface area contributed by atoms with Gasteiger partial charge < -0.3 is 5.32 Å². The van der Waals surface area contributed by atoms with E-state index in [1.54, 1.807) is 6.92 Å². The van der Waals surface area contributed by atoms with E-state index in [0.29, 0.717) is 16.4 Å². The predicted octanol–water partition coefficient (Wildman–Crippen LogP) is 4.67. The number of benzene rings is 1. The van der Waals surface area contributed by atoms with Crippen molar-refractivity contribution < 1.29 is 18.0 Å². The molecule has 2 aromatic rings. The number of alkyl halides is 3. The van der Waals surface area contributed by atoms with Crippen molar-refractivity contribution in [2.45, 2.75) is 26.4 Å². The Morgan fingerprint density at radius 1 is 1.41 bits per heavy atom. The van der Waals surface area contributed by atoms with Crippen LogP contribution in [0.4, 0.5) is 18.3 Å². The van der Waals surface area contributed by atoms with Crippen LogP contribution >= 0.6 is 22.9 Å². The van der Waals surface area contributed by atoms with Gasteiger partial charge in [-0.25, -0.2) is 4.98 Å². The number of thiazole rings is 1. The van der Waals surface area contributed by atoms with Crippen LogP contribution in [0.5, 0.6) is 0 Å². The first kappa shape index (κ1) is 16.8. The second-order valence-corrected chi connectivity index (χ2v) is 6.18. The number of anilines is 1.